The van der Waals surface area contributed by atoms with Crippen LogP contribution < -0.4 is 10.1 Å². The lowest BCUT2D eigenvalue weighted by molar-refractivity contribution is 0.178. The van der Waals surface area contributed by atoms with Crippen molar-refractivity contribution in [2.75, 3.05) is 13.2 Å². The van der Waals surface area contributed by atoms with E-state index >= 15 is 0 Å². The Bertz CT molecular complexity index is 361. The maximum absolute atomic E-state index is 5.89. The molecule has 1 aromatic rings. The van der Waals surface area contributed by atoms with Crippen molar-refractivity contribution in [3.63, 3.8) is 0 Å². The van der Waals surface area contributed by atoms with Crippen molar-refractivity contribution in [1.29, 1.82) is 0 Å². The summed E-state index contributed by atoms with van der Waals surface area (Å²) in [5.41, 5.74) is 2.08. The predicted octanol–water partition coefficient (Wildman–Crippen LogP) is 2.68. The van der Waals surface area contributed by atoms with E-state index in [0.717, 1.165) is 42.8 Å². The van der Waals surface area contributed by atoms with Crippen LogP contribution in [0.5, 0.6) is 5.75 Å². The summed E-state index contributed by atoms with van der Waals surface area (Å²) in [5, 5.41) is 3.31. The largest absolute Gasteiger partial charge is 0.491 e. The molecule has 2 rings (SSSR count). The molecular formula is C14H22N2O. The minimum Gasteiger partial charge on any atom is -0.491 e. The number of hydrogen-bond donors (Lipinski definition) is 1. The van der Waals surface area contributed by atoms with Crippen molar-refractivity contribution in [1.82, 2.24) is 10.3 Å². The van der Waals surface area contributed by atoms with E-state index in [1.54, 1.807) is 0 Å². The van der Waals surface area contributed by atoms with Crippen LogP contribution >= 0.6 is 0 Å². The fourth-order valence-corrected chi connectivity index (χ4v) is 1.97. The summed E-state index contributed by atoms with van der Waals surface area (Å²) in [5.74, 6) is 1.71. The van der Waals surface area contributed by atoms with Gasteiger partial charge in [0.25, 0.3) is 0 Å². The first-order valence-corrected chi connectivity index (χ1v) is 6.59. The monoisotopic (exact) mass is 234 g/mol. The van der Waals surface area contributed by atoms with E-state index in [-0.39, 0.29) is 0 Å². The Morgan fingerprint density at radius 3 is 2.88 bits per heavy atom. The lowest BCUT2D eigenvalue weighted by Crippen LogP contribution is -2.21. The summed E-state index contributed by atoms with van der Waals surface area (Å²) < 4.78 is 5.89. The summed E-state index contributed by atoms with van der Waals surface area (Å²) in [6, 6.07) is 4.07. The lowest BCUT2D eigenvalue weighted by Gasteiger charge is -2.25. The second-order valence-electron chi connectivity index (χ2n) is 4.79. The molecule has 0 aromatic carbocycles. The molecule has 0 amide bonds. The fraction of sp³-hybridized carbons (Fsp3) is 0.643. The summed E-state index contributed by atoms with van der Waals surface area (Å²) in [6.07, 6.45) is 4.01. The SMILES string of the molecule is CCNCc1nc(C)ccc1OCC1CCC1. The third-order valence-corrected chi connectivity index (χ3v) is 3.31. The average molecular weight is 234 g/mol. The number of ether oxygens (including phenoxy) is 1. The molecule has 3 nitrogen and oxygen atoms in total. The zero-order valence-corrected chi connectivity index (χ0v) is 10.8. The van der Waals surface area contributed by atoms with E-state index in [1.807, 2.05) is 19.1 Å². The Morgan fingerprint density at radius 1 is 1.41 bits per heavy atom. The molecule has 0 radical (unpaired) electrons. The van der Waals surface area contributed by atoms with Crippen LogP contribution in [0.3, 0.4) is 0 Å². The molecule has 0 aliphatic heterocycles. The third kappa shape index (κ3) is 3.43. The van der Waals surface area contributed by atoms with Crippen molar-refractivity contribution in [3.05, 3.63) is 23.5 Å². The van der Waals surface area contributed by atoms with E-state index in [9.17, 15) is 0 Å². The Kier molecular flexibility index (Phi) is 4.37. The van der Waals surface area contributed by atoms with E-state index < -0.39 is 0 Å². The minimum absolute atomic E-state index is 0.767. The van der Waals surface area contributed by atoms with Gasteiger partial charge in [0.05, 0.1) is 12.3 Å². The second kappa shape index (κ2) is 6.01. The molecule has 1 aliphatic rings. The van der Waals surface area contributed by atoms with Crippen molar-refractivity contribution >= 4 is 0 Å². The second-order valence-corrected chi connectivity index (χ2v) is 4.79. The van der Waals surface area contributed by atoms with Crippen LogP contribution in [0, 0.1) is 12.8 Å². The summed E-state index contributed by atoms with van der Waals surface area (Å²) in [4.78, 5) is 4.54. The third-order valence-electron chi connectivity index (χ3n) is 3.31. The van der Waals surface area contributed by atoms with Gasteiger partial charge in [-0.25, -0.2) is 0 Å². The number of nitrogens with one attached hydrogen (secondary N) is 1. The van der Waals surface area contributed by atoms with Gasteiger partial charge in [-0.1, -0.05) is 13.3 Å². The Balaban J connectivity index is 1.97. The lowest BCUT2D eigenvalue weighted by atomic mass is 9.86. The average Bonchev–Trinajstić information content (AvgIpc) is 2.26. The molecule has 1 saturated carbocycles. The summed E-state index contributed by atoms with van der Waals surface area (Å²) in [6.45, 7) is 6.72. The van der Waals surface area contributed by atoms with Crippen molar-refractivity contribution in [2.45, 2.75) is 39.7 Å². The molecule has 3 heteroatoms. The first-order valence-electron chi connectivity index (χ1n) is 6.59. The highest BCUT2D eigenvalue weighted by atomic mass is 16.5. The topological polar surface area (TPSA) is 34.2 Å². The Labute approximate surface area is 104 Å². The first kappa shape index (κ1) is 12.4. The van der Waals surface area contributed by atoms with Crippen LogP contribution in [-0.4, -0.2) is 18.1 Å². The van der Waals surface area contributed by atoms with Gasteiger partial charge in [0.2, 0.25) is 0 Å². The molecule has 0 atom stereocenters. The first-order chi connectivity index (χ1) is 8.29. The van der Waals surface area contributed by atoms with Gasteiger partial charge in [-0.2, -0.15) is 0 Å². The van der Waals surface area contributed by atoms with Crippen LogP contribution in [0.1, 0.15) is 37.6 Å². The maximum atomic E-state index is 5.89. The number of aryl methyl sites for hydroxylation is 1. The maximum Gasteiger partial charge on any atom is 0.142 e. The van der Waals surface area contributed by atoms with E-state index in [2.05, 4.69) is 17.2 Å². The van der Waals surface area contributed by atoms with Gasteiger partial charge >= 0.3 is 0 Å². The molecule has 1 N–H and O–H groups in total. The van der Waals surface area contributed by atoms with Gasteiger partial charge in [-0.3, -0.25) is 4.98 Å². The van der Waals surface area contributed by atoms with Crippen LogP contribution in [0.4, 0.5) is 0 Å². The van der Waals surface area contributed by atoms with Gasteiger partial charge < -0.3 is 10.1 Å². The molecule has 94 valence electrons. The minimum atomic E-state index is 0.767. The summed E-state index contributed by atoms with van der Waals surface area (Å²) >= 11 is 0. The number of nitrogens with zero attached hydrogens (tertiary/aromatic N) is 1. The highest BCUT2D eigenvalue weighted by Crippen LogP contribution is 2.27. The van der Waals surface area contributed by atoms with Gasteiger partial charge in [0.1, 0.15) is 5.75 Å². The van der Waals surface area contributed by atoms with Crippen molar-refractivity contribution < 1.29 is 4.74 Å². The van der Waals surface area contributed by atoms with Gasteiger partial charge in [0.15, 0.2) is 0 Å². The molecule has 1 aromatic heterocycles. The molecule has 0 unspecified atom stereocenters. The molecule has 0 spiro atoms. The number of hydrogen-bond acceptors (Lipinski definition) is 3. The van der Waals surface area contributed by atoms with E-state index in [1.165, 1.54) is 19.3 Å². The number of aromatic nitrogens is 1. The molecule has 0 saturated heterocycles. The molecule has 1 fully saturated rings. The molecule has 0 bridgehead atoms. The van der Waals surface area contributed by atoms with Crippen LogP contribution in [0.15, 0.2) is 12.1 Å². The van der Waals surface area contributed by atoms with Crippen LogP contribution in [0.25, 0.3) is 0 Å². The summed E-state index contributed by atoms with van der Waals surface area (Å²) in [7, 11) is 0. The van der Waals surface area contributed by atoms with Crippen LogP contribution in [0.2, 0.25) is 0 Å². The fourth-order valence-electron chi connectivity index (χ4n) is 1.97. The number of pyridine rings is 1. The van der Waals surface area contributed by atoms with Gasteiger partial charge in [0, 0.05) is 12.2 Å². The zero-order valence-electron chi connectivity index (χ0n) is 10.8. The molecular weight excluding hydrogens is 212 g/mol. The number of rotatable bonds is 6. The normalized spacial score (nSPS) is 15.6. The molecule has 1 aliphatic carbocycles. The zero-order chi connectivity index (χ0) is 12.1. The van der Waals surface area contributed by atoms with Crippen LogP contribution in [-0.2, 0) is 6.54 Å². The predicted molar refractivity (Wildman–Crippen MR) is 69.2 cm³/mol. The quantitative estimate of drug-likeness (QED) is 0.821. The Hall–Kier alpha value is -1.09. The van der Waals surface area contributed by atoms with E-state index in [4.69, 9.17) is 4.74 Å². The molecule has 17 heavy (non-hydrogen) atoms. The molecule has 1 heterocycles. The smallest absolute Gasteiger partial charge is 0.142 e. The van der Waals surface area contributed by atoms with Crippen molar-refractivity contribution in [2.24, 2.45) is 5.92 Å². The van der Waals surface area contributed by atoms with Crippen molar-refractivity contribution in [3.8, 4) is 5.75 Å². The Morgan fingerprint density at radius 2 is 2.24 bits per heavy atom. The van der Waals surface area contributed by atoms with E-state index in [0.29, 0.717) is 0 Å². The van der Waals surface area contributed by atoms with Gasteiger partial charge in [-0.15, -0.1) is 0 Å². The standard InChI is InChI=1S/C14H22N2O/c1-3-15-9-13-14(8-7-11(2)16-13)17-10-12-5-4-6-12/h7-8,12,15H,3-6,9-10H2,1-2H3. The van der Waals surface area contributed by atoms with Gasteiger partial charge in [-0.05, 0) is 44.4 Å². The highest BCUT2D eigenvalue weighted by molar-refractivity contribution is 5.29. The highest BCUT2D eigenvalue weighted by Gasteiger charge is 2.18.